The van der Waals surface area contributed by atoms with Crippen molar-refractivity contribution in [3.8, 4) is 0 Å². The average Bonchev–Trinajstić information content (AvgIpc) is 2.96. The Labute approximate surface area is 152 Å². The number of likely N-dealkylation sites (N-methyl/N-ethyl adjacent to an activating group) is 1. The third-order valence-corrected chi connectivity index (χ3v) is 4.74. The van der Waals surface area contributed by atoms with Crippen LogP contribution in [0, 0.1) is 0 Å². The van der Waals surface area contributed by atoms with E-state index < -0.39 is 0 Å². The van der Waals surface area contributed by atoms with Crippen LogP contribution in [0.5, 0.6) is 0 Å². The average molecular weight is 341 g/mol. The molecule has 4 nitrogen and oxygen atoms in total. The van der Waals surface area contributed by atoms with Crippen LogP contribution in [0.1, 0.15) is 50.7 Å². The molecule has 25 heavy (non-hydrogen) atoms. The van der Waals surface area contributed by atoms with Gasteiger partial charge in [0, 0.05) is 13.6 Å². The van der Waals surface area contributed by atoms with Gasteiger partial charge in [0.25, 0.3) is 0 Å². The maximum Gasteiger partial charge on any atom is 0.153 e. The number of nitrogens with two attached hydrogens (primary N) is 1. The van der Waals surface area contributed by atoms with Crippen molar-refractivity contribution >= 4 is 5.84 Å². The Morgan fingerprint density at radius 3 is 2.44 bits per heavy atom. The Kier molecular flexibility index (Phi) is 7.26. The molecule has 0 saturated carbocycles. The van der Waals surface area contributed by atoms with Gasteiger partial charge in [-0.05, 0) is 42.2 Å². The molecule has 4 heteroatoms. The first-order chi connectivity index (χ1) is 12.1. The van der Waals surface area contributed by atoms with Crippen molar-refractivity contribution in [1.29, 1.82) is 0 Å². The summed E-state index contributed by atoms with van der Waals surface area (Å²) in [6.45, 7) is 9.11. The SMILES string of the molecule is C=CN(Cc1ccc(CC)cc1)C1=NC(N)C(CCCCC)=C1NC. The van der Waals surface area contributed by atoms with Crippen molar-refractivity contribution in [3.05, 3.63) is 59.4 Å². The van der Waals surface area contributed by atoms with Crippen LogP contribution in [0.2, 0.25) is 0 Å². The molecule has 0 fully saturated rings. The maximum absolute atomic E-state index is 6.30. The van der Waals surface area contributed by atoms with Crippen molar-refractivity contribution in [1.82, 2.24) is 10.2 Å². The van der Waals surface area contributed by atoms with Crippen LogP contribution < -0.4 is 11.1 Å². The quantitative estimate of drug-likeness (QED) is 0.669. The van der Waals surface area contributed by atoms with Crippen LogP contribution in [-0.2, 0) is 13.0 Å². The monoisotopic (exact) mass is 340 g/mol. The van der Waals surface area contributed by atoms with E-state index in [2.05, 4.69) is 54.9 Å². The number of aryl methyl sites for hydroxylation is 1. The molecular formula is C21H32N4. The summed E-state index contributed by atoms with van der Waals surface area (Å²) in [4.78, 5) is 6.80. The Bertz CT molecular complexity index is 628. The first-order valence-corrected chi connectivity index (χ1v) is 9.36. The summed E-state index contributed by atoms with van der Waals surface area (Å²) >= 11 is 0. The summed E-state index contributed by atoms with van der Waals surface area (Å²) in [5.74, 6) is 0.899. The van der Waals surface area contributed by atoms with E-state index in [0.29, 0.717) is 0 Å². The zero-order chi connectivity index (χ0) is 18.2. The molecular weight excluding hydrogens is 308 g/mol. The summed E-state index contributed by atoms with van der Waals surface area (Å²) in [5.41, 5.74) is 11.2. The van der Waals surface area contributed by atoms with Gasteiger partial charge in [-0.1, -0.05) is 57.5 Å². The van der Waals surface area contributed by atoms with Gasteiger partial charge in [0.05, 0.1) is 5.70 Å². The molecule has 0 saturated heterocycles. The third-order valence-electron chi connectivity index (χ3n) is 4.74. The molecule has 2 rings (SSSR count). The van der Waals surface area contributed by atoms with Crippen LogP contribution in [0.15, 0.2) is 53.3 Å². The van der Waals surface area contributed by atoms with Crippen molar-refractivity contribution in [2.24, 2.45) is 10.7 Å². The minimum absolute atomic E-state index is 0.251. The minimum Gasteiger partial charge on any atom is -0.385 e. The Balaban J connectivity index is 2.17. The molecule has 0 radical (unpaired) electrons. The second kappa shape index (κ2) is 9.42. The second-order valence-corrected chi connectivity index (χ2v) is 6.49. The van der Waals surface area contributed by atoms with Crippen LogP contribution in [0.3, 0.4) is 0 Å². The number of unbranched alkanes of at least 4 members (excludes halogenated alkanes) is 2. The standard InChI is InChI=1S/C21H32N4/c1-5-8-9-10-18-19(23-4)21(24-20(18)22)25(7-3)15-17-13-11-16(6-2)12-14-17/h7,11-14,20,23H,3,5-6,8-10,15,22H2,1-2,4H3. The molecule has 1 aromatic rings. The molecule has 0 amide bonds. The van der Waals surface area contributed by atoms with E-state index >= 15 is 0 Å². The molecule has 1 heterocycles. The van der Waals surface area contributed by atoms with E-state index in [0.717, 1.165) is 37.3 Å². The van der Waals surface area contributed by atoms with Crippen molar-refractivity contribution in [2.75, 3.05) is 7.05 Å². The lowest BCUT2D eigenvalue weighted by Crippen LogP contribution is -2.30. The zero-order valence-electron chi connectivity index (χ0n) is 15.9. The molecule has 1 atom stereocenters. The number of hydrogen-bond acceptors (Lipinski definition) is 4. The summed E-state index contributed by atoms with van der Waals surface area (Å²) in [6, 6.07) is 8.72. The molecule has 136 valence electrons. The van der Waals surface area contributed by atoms with Gasteiger partial charge in [-0.2, -0.15) is 0 Å². The molecule has 0 spiro atoms. The molecule has 0 bridgehead atoms. The lowest BCUT2D eigenvalue weighted by atomic mass is 10.0. The molecule has 1 aliphatic rings. The lowest BCUT2D eigenvalue weighted by molar-refractivity contribution is 0.549. The molecule has 0 aliphatic carbocycles. The van der Waals surface area contributed by atoms with Gasteiger partial charge in [0.2, 0.25) is 0 Å². The van der Waals surface area contributed by atoms with Gasteiger partial charge in [0.1, 0.15) is 6.17 Å². The highest BCUT2D eigenvalue weighted by atomic mass is 15.2. The molecule has 1 aliphatic heterocycles. The molecule has 0 aromatic heterocycles. The van der Waals surface area contributed by atoms with E-state index in [4.69, 9.17) is 10.7 Å². The van der Waals surface area contributed by atoms with Gasteiger partial charge in [-0.3, -0.25) is 0 Å². The number of nitrogens with one attached hydrogen (secondary N) is 1. The highest BCUT2D eigenvalue weighted by molar-refractivity contribution is 6.01. The highest BCUT2D eigenvalue weighted by Crippen LogP contribution is 2.25. The van der Waals surface area contributed by atoms with E-state index in [-0.39, 0.29) is 6.17 Å². The number of amidine groups is 1. The van der Waals surface area contributed by atoms with Gasteiger partial charge in [0.15, 0.2) is 5.84 Å². The Hall–Kier alpha value is -2.07. The summed E-state index contributed by atoms with van der Waals surface area (Å²) in [7, 11) is 1.94. The van der Waals surface area contributed by atoms with Crippen molar-refractivity contribution < 1.29 is 0 Å². The normalized spacial score (nSPS) is 16.8. The summed E-state index contributed by atoms with van der Waals surface area (Å²) in [6.07, 6.45) is 7.22. The lowest BCUT2D eigenvalue weighted by Gasteiger charge is -2.22. The number of nitrogens with zero attached hydrogens (tertiary/aromatic N) is 2. The highest BCUT2D eigenvalue weighted by Gasteiger charge is 2.27. The fourth-order valence-corrected chi connectivity index (χ4v) is 3.20. The smallest absolute Gasteiger partial charge is 0.153 e. The minimum atomic E-state index is -0.251. The largest absolute Gasteiger partial charge is 0.385 e. The topological polar surface area (TPSA) is 53.6 Å². The number of rotatable bonds is 9. The first-order valence-electron chi connectivity index (χ1n) is 9.36. The summed E-state index contributed by atoms with van der Waals surface area (Å²) < 4.78 is 0. The van der Waals surface area contributed by atoms with Crippen molar-refractivity contribution in [2.45, 2.75) is 58.7 Å². The predicted molar refractivity (Wildman–Crippen MR) is 107 cm³/mol. The number of aliphatic imine (C=N–C) groups is 1. The molecule has 3 N–H and O–H groups in total. The molecule has 1 aromatic carbocycles. The fourth-order valence-electron chi connectivity index (χ4n) is 3.20. The summed E-state index contributed by atoms with van der Waals surface area (Å²) in [5, 5.41) is 3.32. The zero-order valence-corrected chi connectivity index (χ0v) is 15.9. The Morgan fingerprint density at radius 1 is 1.20 bits per heavy atom. The third kappa shape index (κ3) is 4.73. The van der Waals surface area contributed by atoms with Gasteiger partial charge in [-0.15, -0.1) is 0 Å². The van der Waals surface area contributed by atoms with Crippen LogP contribution >= 0.6 is 0 Å². The van der Waals surface area contributed by atoms with E-state index in [9.17, 15) is 0 Å². The van der Waals surface area contributed by atoms with E-state index in [1.54, 1.807) is 0 Å². The molecule has 1 unspecified atom stereocenters. The first kappa shape index (κ1) is 19.3. The van der Waals surface area contributed by atoms with Crippen LogP contribution in [-0.4, -0.2) is 23.9 Å². The Morgan fingerprint density at radius 2 is 1.88 bits per heavy atom. The van der Waals surface area contributed by atoms with Crippen LogP contribution in [0.25, 0.3) is 0 Å². The number of hydrogen-bond donors (Lipinski definition) is 2. The second-order valence-electron chi connectivity index (χ2n) is 6.49. The predicted octanol–water partition coefficient (Wildman–Crippen LogP) is 3.95. The maximum atomic E-state index is 6.30. The fraction of sp³-hybridized carbons (Fsp3) is 0.476. The van der Waals surface area contributed by atoms with Crippen LogP contribution in [0.4, 0.5) is 0 Å². The van der Waals surface area contributed by atoms with Gasteiger partial charge < -0.3 is 16.0 Å². The van der Waals surface area contributed by atoms with E-state index in [1.165, 1.54) is 29.5 Å². The van der Waals surface area contributed by atoms with Crippen molar-refractivity contribution in [3.63, 3.8) is 0 Å². The van der Waals surface area contributed by atoms with E-state index in [1.807, 2.05) is 13.2 Å². The van der Waals surface area contributed by atoms with Gasteiger partial charge in [-0.25, -0.2) is 4.99 Å². The van der Waals surface area contributed by atoms with Gasteiger partial charge >= 0.3 is 0 Å². The number of benzene rings is 1.